The predicted octanol–water partition coefficient (Wildman–Crippen LogP) is 3.04. The van der Waals surface area contributed by atoms with Crippen molar-refractivity contribution in [2.75, 3.05) is 5.32 Å². The molecule has 0 saturated heterocycles. The fourth-order valence-corrected chi connectivity index (χ4v) is 3.06. The molecule has 2 heterocycles. The van der Waals surface area contributed by atoms with Gasteiger partial charge in [0.25, 0.3) is 5.91 Å². The second-order valence-corrected chi connectivity index (χ2v) is 6.13. The molecule has 2 aromatic rings. The maximum atomic E-state index is 12.0. The molecule has 0 atom stereocenters. The molecular formula is C11H11N3OS2. The third-order valence-corrected chi connectivity index (χ3v) is 4.30. The van der Waals surface area contributed by atoms with Crippen LogP contribution in [-0.2, 0) is 0 Å². The van der Waals surface area contributed by atoms with Crippen molar-refractivity contribution in [1.82, 2.24) is 9.97 Å². The zero-order valence-electron chi connectivity index (χ0n) is 9.27. The van der Waals surface area contributed by atoms with Crippen LogP contribution in [0.4, 0.5) is 5.00 Å². The average molecular weight is 265 g/mol. The minimum atomic E-state index is -0.0817. The first kappa shape index (κ1) is 10.9. The van der Waals surface area contributed by atoms with Crippen LogP contribution in [0.15, 0.2) is 11.7 Å². The summed E-state index contributed by atoms with van der Waals surface area (Å²) < 4.78 is 0. The van der Waals surface area contributed by atoms with E-state index < -0.39 is 0 Å². The van der Waals surface area contributed by atoms with Gasteiger partial charge in [0.05, 0.1) is 22.4 Å². The van der Waals surface area contributed by atoms with Crippen molar-refractivity contribution < 1.29 is 4.79 Å². The lowest BCUT2D eigenvalue weighted by molar-refractivity contribution is 0.103. The van der Waals surface area contributed by atoms with E-state index in [0.717, 1.165) is 15.7 Å². The highest BCUT2D eigenvalue weighted by molar-refractivity contribution is 7.15. The van der Waals surface area contributed by atoms with Gasteiger partial charge in [0.1, 0.15) is 9.88 Å². The molecule has 0 bridgehead atoms. The Morgan fingerprint density at radius 2 is 2.29 bits per heavy atom. The Labute approximate surface area is 107 Å². The molecule has 0 radical (unpaired) electrons. The van der Waals surface area contributed by atoms with E-state index in [4.69, 9.17) is 0 Å². The second-order valence-electron chi connectivity index (χ2n) is 4.04. The van der Waals surface area contributed by atoms with Crippen LogP contribution in [0.5, 0.6) is 0 Å². The van der Waals surface area contributed by atoms with E-state index in [1.165, 1.54) is 35.5 Å². The van der Waals surface area contributed by atoms with Gasteiger partial charge in [-0.25, -0.2) is 9.97 Å². The van der Waals surface area contributed by atoms with Crippen LogP contribution in [0.3, 0.4) is 0 Å². The van der Waals surface area contributed by atoms with Crippen LogP contribution in [0.1, 0.15) is 39.1 Å². The zero-order chi connectivity index (χ0) is 11.8. The van der Waals surface area contributed by atoms with Crippen molar-refractivity contribution in [3.63, 3.8) is 0 Å². The molecule has 4 nitrogen and oxygen atoms in total. The number of hydrogen-bond acceptors (Lipinski definition) is 5. The summed E-state index contributed by atoms with van der Waals surface area (Å²) >= 11 is 2.90. The van der Waals surface area contributed by atoms with Gasteiger partial charge in [-0.2, -0.15) is 0 Å². The summed E-state index contributed by atoms with van der Waals surface area (Å²) in [7, 11) is 0. The van der Waals surface area contributed by atoms with Crippen LogP contribution < -0.4 is 5.32 Å². The predicted molar refractivity (Wildman–Crippen MR) is 68.9 cm³/mol. The number of carbonyl (C=O) groups is 1. The number of nitrogens with one attached hydrogen (secondary N) is 1. The Hall–Kier alpha value is -1.27. The van der Waals surface area contributed by atoms with Gasteiger partial charge in [-0.15, -0.1) is 22.7 Å². The number of thiazole rings is 2. The minimum absolute atomic E-state index is 0.0817. The Bertz CT molecular complexity index is 557. The van der Waals surface area contributed by atoms with Crippen molar-refractivity contribution >= 4 is 33.6 Å². The fourth-order valence-electron chi connectivity index (χ4n) is 1.63. The number of aryl methyl sites for hydroxylation is 1. The number of anilines is 1. The van der Waals surface area contributed by atoms with Gasteiger partial charge in [0.2, 0.25) is 0 Å². The van der Waals surface area contributed by atoms with Gasteiger partial charge < -0.3 is 5.32 Å². The number of carbonyl (C=O) groups excluding carboxylic acids is 1. The summed E-state index contributed by atoms with van der Waals surface area (Å²) in [4.78, 5) is 21.0. The highest BCUT2D eigenvalue weighted by Crippen LogP contribution is 2.43. The number of hydrogen-bond donors (Lipinski definition) is 1. The Morgan fingerprint density at radius 3 is 2.94 bits per heavy atom. The molecule has 1 aliphatic carbocycles. The molecule has 1 amide bonds. The van der Waals surface area contributed by atoms with E-state index in [0.29, 0.717) is 10.8 Å². The standard InChI is InChI=1S/C11H11N3OS2/c1-6-12-4-8(17-6)10(15)14-11-9(7-2-3-7)13-5-16-11/h4-5,7H,2-3H2,1H3,(H,14,15). The molecule has 88 valence electrons. The first-order valence-corrected chi connectivity index (χ1v) is 7.11. The van der Waals surface area contributed by atoms with Crippen molar-refractivity contribution in [1.29, 1.82) is 0 Å². The molecule has 3 rings (SSSR count). The van der Waals surface area contributed by atoms with E-state index in [1.54, 1.807) is 11.7 Å². The molecular weight excluding hydrogens is 254 g/mol. The number of amides is 1. The van der Waals surface area contributed by atoms with Gasteiger partial charge >= 0.3 is 0 Å². The lowest BCUT2D eigenvalue weighted by Crippen LogP contribution is -2.10. The Balaban J connectivity index is 1.78. The number of nitrogens with zero attached hydrogens (tertiary/aromatic N) is 2. The largest absolute Gasteiger partial charge is 0.311 e. The van der Waals surface area contributed by atoms with Crippen LogP contribution in [-0.4, -0.2) is 15.9 Å². The van der Waals surface area contributed by atoms with Crippen molar-refractivity contribution in [3.05, 3.63) is 27.3 Å². The van der Waals surface area contributed by atoms with Gasteiger partial charge in [-0.1, -0.05) is 0 Å². The van der Waals surface area contributed by atoms with Crippen molar-refractivity contribution in [3.8, 4) is 0 Å². The first-order chi connectivity index (χ1) is 8.24. The third-order valence-electron chi connectivity index (χ3n) is 2.63. The molecule has 0 aromatic carbocycles. The number of rotatable bonds is 3. The third kappa shape index (κ3) is 2.23. The van der Waals surface area contributed by atoms with Gasteiger partial charge in [-0.05, 0) is 19.8 Å². The Morgan fingerprint density at radius 1 is 1.47 bits per heavy atom. The second kappa shape index (κ2) is 4.19. The summed E-state index contributed by atoms with van der Waals surface area (Å²) in [6.45, 7) is 1.89. The molecule has 0 spiro atoms. The van der Waals surface area contributed by atoms with E-state index in [-0.39, 0.29) is 5.91 Å². The highest BCUT2D eigenvalue weighted by Gasteiger charge is 2.29. The number of aromatic nitrogens is 2. The summed E-state index contributed by atoms with van der Waals surface area (Å²) in [5.74, 6) is 0.474. The van der Waals surface area contributed by atoms with Gasteiger partial charge in [0, 0.05) is 5.92 Å². The summed E-state index contributed by atoms with van der Waals surface area (Å²) in [6, 6.07) is 0. The molecule has 6 heteroatoms. The Kier molecular flexibility index (Phi) is 2.68. The van der Waals surface area contributed by atoms with Crippen molar-refractivity contribution in [2.24, 2.45) is 0 Å². The smallest absolute Gasteiger partial charge is 0.268 e. The van der Waals surface area contributed by atoms with E-state index >= 15 is 0 Å². The average Bonchev–Trinajstić information content (AvgIpc) is 2.89. The van der Waals surface area contributed by atoms with Crippen LogP contribution in [0.25, 0.3) is 0 Å². The van der Waals surface area contributed by atoms with E-state index in [2.05, 4.69) is 15.3 Å². The molecule has 2 aromatic heterocycles. The normalized spacial score (nSPS) is 14.9. The molecule has 1 fully saturated rings. The molecule has 0 unspecified atom stereocenters. The van der Waals surface area contributed by atoms with Crippen LogP contribution >= 0.6 is 22.7 Å². The molecule has 1 N–H and O–H groups in total. The first-order valence-electron chi connectivity index (χ1n) is 5.41. The van der Waals surface area contributed by atoms with E-state index in [9.17, 15) is 4.79 Å². The van der Waals surface area contributed by atoms with Gasteiger partial charge in [0.15, 0.2) is 0 Å². The summed E-state index contributed by atoms with van der Waals surface area (Å²) in [5.41, 5.74) is 2.84. The van der Waals surface area contributed by atoms with Crippen LogP contribution in [0, 0.1) is 6.92 Å². The SMILES string of the molecule is Cc1ncc(C(=O)Nc2scnc2C2CC2)s1. The summed E-state index contributed by atoms with van der Waals surface area (Å²) in [6.07, 6.45) is 3.99. The minimum Gasteiger partial charge on any atom is -0.311 e. The highest BCUT2D eigenvalue weighted by atomic mass is 32.1. The monoisotopic (exact) mass is 265 g/mol. The topological polar surface area (TPSA) is 54.9 Å². The maximum Gasteiger partial charge on any atom is 0.268 e. The van der Waals surface area contributed by atoms with Gasteiger partial charge in [-0.3, -0.25) is 4.79 Å². The fraction of sp³-hybridized carbons (Fsp3) is 0.364. The molecule has 1 saturated carbocycles. The summed E-state index contributed by atoms with van der Waals surface area (Å²) in [5, 5.41) is 4.73. The lowest BCUT2D eigenvalue weighted by Gasteiger charge is -2.01. The zero-order valence-corrected chi connectivity index (χ0v) is 10.9. The van der Waals surface area contributed by atoms with Crippen molar-refractivity contribution in [2.45, 2.75) is 25.7 Å². The maximum absolute atomic E-state index is 12.0. The molecule has 17 heavy (non-hydrogen) atoms. The van der Waals surface area contributed by atoms with Crippen LogP contribution in [0.2, 0.25) is 0 Å². The lowest BCUT2D eigenvalue weighted by atomic mass is 10.3. The molecule has 1 aliphatic rings. The molecule has 0 aliphatic heterocycles. The quantitative estimate of drug-likeness (QED) is 0.928. The van der Waals surface area contributed by atoms with E-state index in [1.807, 2.05) is 6.92 Å².